The number of para-hydroxylation sites is 1. The van der Waals surface area contributed by atoms with Crippen molar-refractivity contribution in [2.24, 2.45) is 5.92 Å². The van der Waals surface area contributed by atoms with Crippen molar-refractivity contribution in [1.29, 1.82) is 0 Å². The van der Waals surface area contributed by atoms with Gasteiger partial charge in [-0.3, -0.25) is 4.79 Å². The van der Waals surface area contributed by atoms with Crippen LogP contribution in [0.1, 0.15) is 28.5 Å². The second kappa shape index (κ2) is 6.48. The summed E-state index contributed by atoms with van der Waals surface area (Å²) in [5.74, 6) is 0.953. The second-order valence-electron chi connectivity index (χ2n) is 5.47. The average molecular weight is 317 g/mol. The summed E-state index contributed by atoms with van der Waals surface area (Å²) in [7, 11) is 1.66. The van der Waals surface area contributed by atoms with Gasteiger partial charge in [0.25, 0.3) is 0 Å². The van der Waals surface area contributed by atoms with Crippen molar-refractivity contribution < 1.29 is 14.3 Å². The van der Waals surface area contributed by atoms with Gasteiger partial charge in [-0.05, 0) is 25.0 Å². The third kappa shape index (κ3) is 3.14. The Hall–Kier alpha value is -1.88. The number of benzene rings is 1. The Labute approximate surface area is 134 Å². The van der Waals surface area contributed by atoms with E-state index in [1.54, 1.807) is 18.4 Å². The Morgan fingerprint density at radius 2 is 2.23 bits per heavy atom. The van der Waals surface area contributed by atoms with Crippen molar-refractivity contribution in [2.75, 3.05) is 13.7 Å². The number of carbonyl (C=O) groups excluding carboxylic acids is 1. The van der Waals surface area contributed by atoms with Crippen LogP contribution in [0.5, 0.6) is 5.75 Å². The number of thiazole rings is 1. The van der Waals surface area contributed by atoms with E-state index in [-0.39, 0.29) is 17.8 Å². The van der Waals surface area contributed by atoms with Gasteiger partial charge in [0.05, 0.1) is 30.8 Å². The van der Waals surface area contributed by atoms with Gasteiger partial charge in [-0.2, -0.15) is 0 Å². The van der Waals surface area contributed by atoms with Gasteiger partial charge in [-0.25, -0.2) is 4.98 Å². The standard InChI is InChI=1S/C17H19NO3S/c1-11-16(22-10-18-11)7-8-21-17(19)14-9-13(14)12-5-3-4-6-15(12)20-2/h3-6,10,13-14H,7-9H2,1-2H3. The molecule has 22 heavy (non-hydrogen) atoms. The number of carbonyl (C=O) groups is 1. The molecule has 3 rings (SSSR count). The number of nitrogens with zero attached hydrogens (tertiary/aromatic N) is 1. The molecule has 1 aliphatic rings. The van der Waals surface area contributed by atoms with E-state index in [0.29, 0.717) is 6.61 Å². The number of ether oxygens (including phenoxy) is 2. The van der Waals surface area contributed by atoms with E-state index < -0.39 is 0 Å². The first-order valence-corrected chi connectivity index (χ1v) is 8.27. The summed E-state index contributed by atoms with van der Waals surface area (Å²) in [5.41, 5.74) is 3.95. The number of aryl methyl sites for hydroxylation is 1. The number of hydrogen-bond acceptors (Lipinski definition) is 5. The van der Waals surface area contributed by atoms with Crippen molar-refractivity contribution in [1.82, 2.24) is 4.98 Å². The molecule has 0 bridgehead atoms. The van der Waals surface area contributed by atoms with Crippen LogP contribution >= 0.6 is 11.3 Å². The molecule has 116 valence electrons. The summed E-state index contributed by atoms with van der Waals surface area (Å²) in [6.07, 6.45) is 1.59. The minimum Gasteiger partial charge on any atom is -0.496 e. The van der Waals surface area contributed by atoms with Crippen LogP contribution < -0.4 is 4.74 Å². The number of methoxy groups -OCH3 is 1. The molecule has 4 nitrogen and oxygen atoms in total. The second-order valence-corrected chi connectivity index (χ2v) is 6.41. The summed E-state index contributed by atoms with van der Waals surface area (Å²) in [6, 6.07) is 7.88. The average Bonchev–Trinajstić information content (AvgIpc) is 3.24. The first-order valence-electron chi connectivity index (χ1n) is 7.39. The fourth-order valence-electron chi connectivity index (χ4n) is 2.69. The normalized spacial score (nSPS) is 19.7. The molecule has 0 N–H and O–H groups in total. The third-order valence-corrected chi connectivity index (χ3v) is 5.04. The highest BCUT2D eigenvalue weighted by molar-refractivity contribution is 7.09. The molecule has 2 aromatic rings. The maximum atomic E-state index is 12.1. The molecule has 1 fully saturated rings. The van der Waals surface area contributed by atoms with Crippen LogP contribution in [0.15, 0.2) is 29.8 Å². The highest BCUT2D eigenvalue weighted by Crippen LogP contribution is 2.50. The molecule has 2 atom stereocenters. The Balaban J connectivity index is 1.51. The zero-order chi connectivity index (χ0) is 15.5. The number of rotatable bonds is 6. The lowest BCUT2D eigenvalue weighted by Crippen LogP contribution is -2.10. The van der Waals surface area contributed by atoms with Gasteiger partial charge >= 0.3 is 5.97 Å². The Morgan fingerprint density at radius 3 is 2.95 bits per heavy atom. The maximum Gasteiger partial charge on any atom is 0.309 e. The minimum absolute atomic E-state index is 0.0288. The molecule has 1 aromatic carbocycles. The summed E-state index contributed by atoms with van der Waals surface area (Å²) in [5, 5.41) is 0. The predicted octanol–water partition coefficient (Wildman–Crippen LogP) is 3.35. The largest absolute Gasteiger partial charge is 0.496 e. The maximum absolute atomic E-state index is 12.1. The molecule has 1 aliphatic carbocycles. The fourth-order valence-corrected chi connectivity index (χ4v) is 3.45. The molecule has 5 heteroatoms. The topological polar surface area (TPSA) is 48.4 Å². The van der Waals surface area contributed by atoms with Crippen LogP contribution in [0.3, 0.4) is 0 Å². The lowest BCUT2D eigenvalue weighted by atomic mass is 10.1. The van der Waals surface area contributed by atoms with E-state index in [0.717, 1.165) is 29.8 Å². The van der Waals surface area contributed by atoms with Gasteiger partial charge in [-0.15, -0.1) is 11.3 Å². The molecular formula is C17H19NO3S. The number of esters is 1. The molecule has 0 spiro atoms. The Kier molecular flexibility index (Phi) is 4.43. The first kappa shape index (κ1) is 15.0. The van der Waals surface area contributed by atoms with Crippen molar-refractivity contribution in [2.45, 2.75) is 25.7 Å². The van der Waals surface area contributed by atoms with Crippen molar-refractivity contribution >= 4 is 17.3 Å². The predicted molar refractivity (Wildman–Crippen MR) is 85.4 cm³/mol. The van der Waals surface area contributed by atoms with E-state index >= 15 is 0 Å². The lowest BCUT2D eigenvalue weighted by molar-refractivity contribution is -0.145. The van der Waals surface area contributed by atoms with Crippen LogP contribution in [0.25, 0.3) is 0 Å². The molecule has 0 aliphatic heterocycles. The smallest absolute Gasteiger partial charge is 0.309 e. The molecule has 0 amide bonds. The van der Waals surface area contributed by atoms with Crippen LogP contribution in [0.2, 0.25) is 0 Å². The van der Waals surface area contributed by atoms with Gasteiger partial charge in [0.15, 0.2) is 0 Å². The highest BCUT2D eigenvalue weighted by atomic mass is 32.1. The number of aromatic nitrogens is 1. The van der Waals surface area contributed by atoms with Crippen LogP contribution in [-0.2, 0) is 16.0 Å². The zero-order valence-corrected chi connectivity index (χ0v) is 13.6. The molecule has 0 radical (unpaired) electrons. The van der Waals surface area contributed by atoms with Crippen LogP contribution in [0.4, 0.5) is 0 Å². The quantitative estimate of drug-likeness (QED) is 0.767. The highest BCUT2D eigenvalue weighted by Gasteiger charge is 2.46. The van der Waals surface area contributed by atoms with Gasteiger partial charge in [0.2, 0.25) is 0 Å². The number of hydrogen-bond donors (Lipinski definition) is 0. The van der Waals surface area contributed by atoms with E-state index in [9.17, 15) is 4.79 Å². The van der Waals surface area contributed by atoms with Gasteiger partial charge < -0.3 is 9.47 Å². The Morgan fingerprint density at radius 1 is 1.41 bits per heavy atom. The van der Waals surface area contributed by atoms with E-state index in [2.05, 4.69) is 4.98 Å². The molecule has 1 aromatic heterocycles. The lowest BCUT2D eigenvalue weighted by Gasteiger charge is -2.08. The van der Waals surface area contributed by atoms with E-state index in [1.165, 1.54) is 4.88 Å². The molecule has 1 saturated carbocycles. The first-order chi connectivity index (χ1) is 10.7. The fraction of sp³-hybridized carbons (Fsp3) is 0.412. The van der Waals surface area contributed by atoms with Crippen LogP contribution in [0, 0.1) is 12.8 Å². The van der Waals surface area contributed by atoms with Gasteiger partial charge in [0.1, 0.15) is 5.75 Å². The third-order valence-electron chi connectivity index (χ3n) is 4.05. The van der Waals surface area contributed by atoms with Crippen LogP contribution in [-0.4, -0.2) is 24.7 Å². The summed E-state index contributed by atoms with van der Waals surface area (Å²) in [4.78, 5) is 17.5. The summed E-state index contributed by atoms with van der Waals surface area (Å²) >= 11 is 1.61. The monoisotopic (exact) mass is 317 g/mol. The van der Waals surface area contributed by atoms with E-state index in [4.69, 9.17) is 9.47 Å². The molecule has 1 heterocycles. The summed E-state index contributed by atoms with van der Waals surface area (Å²) in [6.45, 7) is 2.41. The zero-order valence-electron chi connectivity index (χ0n) is 12.7. The van der Waals surface area contributed by atoms with E-state index in [1.807, 2.05) is 36.7 Å². The molecular weight excluding hydrogens is 298 g/mol. The Bertz CT molecular complexity index is 667. The molecule has 2 unspecified atom stereocenters. The van der Waals surface area contributed by atoms with Crippen molar-refractivity contribution in [3.05, 3.63) is 45.9 Å². The van der Waals surface area contributed by atoms with Crippen molar-refractivity contribution in [3.8, 4) is 5.75 Å². The van der Waals surface area contributed by atoms with Gasteiger partial charge in [-0.1, -0.05) is 18.2 Å². The molecule has 0 saturated heterocycles. The summed E-state index contributed by atoms with van der Waals surface area (Å²) < 4.78 is 10.8. The van der Waals surface area contributed by atoms with Crippen molar-refractivity contribution in [3.63, 3.8) is 0 Å². The SMILES string of the molecule is COc1ccccc1C1CC1C(=O)OCCc1scnc1C. The van der Waals surface area contributed by atoms with Gasteiger partial charge in [0, 0.05) is 17.2 Å². The minimum atomic E-state index is -0.0990.